The fourth-order valence-electron chi connectivity index (χ4n) is 0.963. The summed E-state index contributed by atoms with van der Waals surface area (Å²) in [5.74, 6) is 0. The van der Waals surface area contributed by atoms with Crippen LogP contribution >= 0.6 is 0 Å². The van der Waals surface area contributed by atoms with Crippen LogP contribution in [0, 0.1) is 0 Å². The van der Waals surface area contributed by atoms with Gasteiger partial charge in [-0.3, -0.25) is 0 Å². The van der Waals surface area contributed by atoms with Crippen LogP contribution in [-0.4, -0.2) is 18.6 Å². The first kappa shape index (κ1) is 8.30. The predicted molar refractivity (Wildman–Crippen MR) is 44.2 cm³/mol. The minimum absolute atomic E-state index is 0.372. The minimum atomic E-state index is -0.372. The van der Waals surface area contributed by atoms with Crippen LogP contribution in [0.2, 0.25) is 0 Å². The van der Waals surface area contributed by atoms with Crippen molar-refractivity contribution in [1.82, 2.24) is 4.98 Å². The smallest absolute Gasteiger partial charge is 0.117 e. The Labute approximate surface area is 66.6 Å². The van der Waals surface area contributed by atoms with Crippen LogP contribution in [0.15, 0.2) is 18.3 Å². The number of aromatic amines is 1. The van der Waals surface area contributed by atoms with Gasteiger partial charge in [-0.15, -0.1) is 0 Å². The van der Waals surface area contributed by atoms with E-state index < -0.39 is 0 Å². The summed E-state index contributed by atoms with van der Waals surface area (Å²) >= 11 is 0. The molecule has 0 spiro atoms. The maximum absolute atomic E-state index is 5.56. The predicted octanol–water partition coefficient (Wildman–Crippen LogP) is 0.835. The molecule has 0 aliphatic carbocycles. The Morgan fingerprint density at radius 2 is 2.45 bits per heavy atom. The minimum Gasteiger partial charge on any atom is -0.371 e. The molecule has 1 heterocycles. The van der Waals surface area contributed by atoms with E-state index in [0.717, 1.165) is 5.69 Å². The van der Waals surface area contributed by atoms with Gasteiger partial charge in [0.05, 0.1) is 0 Å². The Bertz CT molecular complexity index is 202. The topological polar surface area (TPSA) is 51.0 Å². The van der Waals surface area contributed by atoms with Crippen LogP contribution < -0.4 is 5.73 Å². The van der Waals surface area contributed by atoms with E-state index in [1.165, 1.54) is 0 Å². The molecule has 11 heavy (non-hydrogen) atoms. The average Bonchev–Trinajstić information content (AvgIpc) is 2.55. The first-order valence-corrected chi connectivity index (χ1v) is 3.62. The average molecular weight is 154 g/mol. The van der Waals surface area contributed by atoms with Crippen molar-refractivity contribution in [1.29, 1.82) is 0 Å². The summed E-state index contributed by atoms with van der Waals surface area (Å²) in [4.78, 5) is 3.07. The first-order chi connectivity index (χ1) is 5.23. The lowest BCUT2D eigenvalue weighted by molar-refractivity contribution is 0.00684. The zero-order chi connectivity index (χ0) is 8.32. The van der Waals surface area contributed by atoms with Gasteiger partial charge in [-0.2, -0.15) is 0 Å². The van der Waals surface area contributed by atoms with Gasteiger partial charge in [0.25, 0.3) is 0 Å². The van der Waals surface area contributed by atoms with Crippen LogP contribution in [0.3, 0.4) is 0 Å². The molecule has 0 saturated carbocycles. The van der Waals surface area contributed by atoms with E-state index in [2.05, 4.69) is 4.98 Å². The van der Waals surface area contributed by atoms with Gasteiger partial charge in [-0.1, -0.05) is 0 Å². The van der Waals surface area contributed by atoms with Gasteiger partial charge in [-0.05, 0) is 19.1 Å². The second-order valence-corrected chi connectivity index (χ2v) is 2.72. The second kappa shape index (κ2) is 3.07. The molecule has 0 amide bonds. The summed E-state index contributed by atoms with van der Waals surface area (Å²) < 4.78 is 5.28. The quantitative estimate of drug-likeness (QED) is 0.677. The Hall–Kier alpha value is -0.800. The molecule has 1 aromatic heterocycles. The Balaban J connectivity index is 2.87. The lowest BCUT2D eigenvalue weighted by Crippen LogP contribution is -2.33. The lowest BCUT2D eigenvalue weighted by Gasteiger charge is -2.24. The third-order valence-corrected chi connectivity index (χ3v) is 2.01. The summed E-state index contributed by atoms with van der Waals surface area (Å²) in [7, 11) is 1.66. The third kappa shape index (κ3) is 1.44. The number of aromatic nitrogens is 1. The van der Waals surface area contributed by atoms with Crippen LogP contribution in [0.25, 0.3) is 0 Å². The molecule has 3 nitrogen and oxygen atoms in total. The summed E-state index contributed by atoms with van der Waals surface area (Å²) in [6.45, 7) is 2.43. The highest BCUT2D eigenvalue weighted by molar-refractivity contribution is 5.13. The normalized spacial score (nSPS) is 16.3. The van der Waals surface area contributed by atoms with Gasteiger partial charge in [0.2, 0.25) is 0 Å². The van der Waals surface area contributed by atoms with Crippen molar-refractivity contribution in [2.75, 3.05) is 13.7 Å². The summed E-state index contributed by atoms with van der Waals surface area (Å²) in [6.07, 6.45) is 1.86. The van der Waals surface area contributed by atoms with Crippen LogP contribution in [0.4, 0.5) is 0 Å². The number of rotatable bonds is 3. The second-order valence-electron chi connectivity index (χ2n) is 2.72. The summed E-state index contributed by atoms with van der Waals surface area (Å²) in [5.41, 5.74) is 6.21. The maximum atomic E-state index is 5.56. The molecule has 0 radical (unpaired) electrons. The molecule has 3 heteroatoms. The van der Waals surface area contributed by atoms with Crippen molar-refractivity contribution in [3.8, 4) is 0 Å². The highest BCUT2D eigenvalue weighted by Crippen LogP contribution is 2.20. The molecule has 0 aliphatic heterocycles. The number of hydrogen-bond donors (Lipinski definition) is 2. The molecule has 0 fully saturated rings. The maximum Gasteiger partial charge on any atom is 0.117 e. The highest BCUT2D eigenvalue weighted by atomic mass is 16.5. The molecular weight excluding hydrogens is 140 g/mol. The number of nitrogens with one attached hydrogen (secondary N) is 1. The number of hydrogen-bond acceptors (Lipinski definition) is 2. The van der Waals surface area contributed by atoms with Crippen molar-refractivity contribution < 1.29 is 4.74 Å². The molecule has 1 aromatic rings. The van der Waals surface area contributed by atoms with E-state index in [9.17, 15) is 0 Å². The molecule has 1 rings (SSSR count). The van der Waals surface area contributed by atoms with Gasteiger partial charge in [0.1, 0.15) is 5.60 Å². The van der Waals surface area contributed by atoms with Crippen molar-refractivity contribution in [2.45, 2.75) is 12.5 Å². The molecule has 0 bridgehead atoms. The number of methoxy groups -OCH3 is 1. The van der Waals surface area contributed by atoms with Gasteiger partial charge in [0, 0.05) is 25.5 Å². The Morgan fingerprint density at radius 1 is 1.73 bits per heavy atom. The van der Waals surface area contributed by atoms with E-state index in [0.29, 0.717) is 6.54 Å². The van der Waals surface area contributed by atoms with Gasteiger partial charge < -0.3 is 15.5 Å². The Morgan fingerprint density at radius 3 is 2.82 bits per heavy atom. The molecule has 0 saturated heterocycles. The van der Waals surface area contributed by atoms with Crippen molar-refractivity contribution in [3.05, 3.63) is 24.0 Å². The first-order valence-electron chi connectivity index (χ1n) is 3.62. The third-order valence-electron chi connectivity index (χ3n) is 2.01. The van der Waals surface area contributed by atoms with E-state index in [4.69, 9.17) is 10.5 Å². The zero-order valence-electron chi connectivity index (χ0n) is 6.92. The zero-order valence-corrected chi connectivity index (χ0v) is 6.92. The SMILES string of the molecule is COC(C)(CN)c1ccc[nH]1. The monoisotopic (exact) mass is 154 g/mol. The van der Waals surface area contributed by atoms with Crippen LogP contribution in [-0.2, 0) is 10.3 Å². The van der Waals surface area contributed by atoms with Crippen LogP contribution in [0.1, 0.15) is 12.6 Å². The molecule has 1 atom stereocenters. The standard InChI is InChI=1S/C8H14N2O/c1-8(6-9,11-2)7-4-3-5-10-7/h3-5,10H,6,9H2,1-2H3. The van der Waals surface area contributed by atoms with Crippen molar-refractivity contribution in [2.24, 2.45) is 5.73 Å². The van der Waals surface area contributed by atoms with E-state index in [1.54, 1.807) is 7.11 Å². The number of ether oxygens (including phenoxy) is 1. The Kier molecular flexibility index (Phi) is 2.31. The van der Waals surface area contributed by atoms with Gasteiger partial charge in [-0.25, -0.2) is 0 Å². The summed E-state index contributed by atoms with van der Waals surface area (Å²) in [5, 5.41) is 0. The van der Waals surface area contributed by atoms with Crippen LogP contribution in [0.5, 0.6) is 0 Å². The van der Waals surface area contributed by atoms with E-state index >= 15 is 0 Å². The number of H-pyrrole nitrogens is 1. The fourth-order valence-corrected chi connectivity index (χ4v) is 0.963. The summed E-state index contributed by atoms with van der Waals surface area (Å²) in [6, 6.07) is 3.90. The lowest BCUT2D eigenvalue weighted by atomic mass is 10.0. The highest BCUT2D eigenvalue weighted by Gasteiger charge is 2.24. The molecule has 3 N–H and O–H groups in total. The molecule has 62 valence electrons. The molecule has 0 aromatic carbocycles. The van der Waals surface area contributed by atoms with E-state index in [-0.39, 0.29) is 5.60 Å². The van der Waals surface area contributed by atoms with Crippen molar-refractivity contribution in [3.63, 3.8) is 0 Å². The van der Waals surface area contributed by atoms with Crippen molar-refractivity contribution >= 4 is 0 Å². The number of nitrogens with two attached hydrogens (primary N) is 1. The molecule has 1 unspecified atom stereocenters. The van der Waals surface area contributed by atoms with Gasteiger partial charge in [0.15, 0.2) is 0 Å². The largest absolute Gasteiger partial charge is 0.371 e. The molecule has 0 aliphatic rings. The van der Waals surface area contributed by atoms with E-state index in [1.807, 2.05) is 25.3 Å². The molecular formula is C8H14N2O. The fraction of sp³-hybridized carbons (Fsp3) is 0.500. The van der Waals surface area contributed by atoms with Gasteiger partial charge >= 0.3 is 0 Å².